The van der Waals surface area contributed by atoms with Crippen molar-refractivity contribution in [3.63, 3.8) is 0 Å². The smallest absolute Gasteiger partial charge is 0.278 e. The summed E-state index contributed by atoms with van der Waals surface area (Å²) in [6.45, 7) is 4.92. The molecule has 0 amide bonds. The zero-order valence-electron chi connectivity index (χ0n) is 16.2. The van der Waals surface area contributed by atoms with Crippen molar-refractivity contribution in [2.24, 2.45) is 5.92 Å². The van der Waals surface area contributed by atoms with E-state index in [1.54, 1.807) is 13.2 Å². The standard InChI is InChI=1S/C18H27N3O5.2ClH/c1-24-16-11-14(15(21(22)23)12-17(16)25-2)18(13-3-9-26-10-4-13)20-7-5-19-6-8-20;;/h11-13,18-19H,3-10H2,1-2H3;2*1H/t18-;;/m1../s1. The summed E-state index contributed by atoms with van der Waals surface area (Å²) in [6, 6.07) is 3.25. The third-order valence-electron chi connectivity index (χ3n) is 5.31. The molecule has 0 unspecified atom stereocenters. The maximum atomic E-state index is 11.8. The first kappa shape index (κ1) is 24.7. The molecule has 0 bridgehead atoms. The fourth-order valence-corrected chi connectivity index (χ4v) is 4.02. The van der Waals surface area contributed by atoms with Gasteiger partial charge in [-0.15, -0.1) is 24.8 Å². The molecule has 2 heterocycles. The highest BCUT2D eigenvalue weighted by molar-refractivity contribution is 5.85. The summed E-state index contributed by atoms with van der Waals surface area (Å²) in [5.41, 5.74) is 0.805. The van der Waals surface area contributed by atoms with Gasteiger partial charge >= 0.3 is 0 Å². The summed E-state index contributed by atoms with van der Waals surface area (Å²) in [6.07, 6.45) is 1.81. The fourth-order valence-electron chi connectivity index (χ4n) is 4.02. The predicted octanol–water partition coefficient (Wildman–Crippen LogP) is 2.83. The summed E-state index contributed by atoms with van der Waals surface area (Å²) < 4.78 is 16.2. The number of nitrogens with zero attached hydrogens (tertiary/aromatic N) is 2. The Morgan fingerprint density at radius 1 is 1.14 bits per heavy atom. The van der Waals surface area contributed by atoms with Crippen LogP contribution >= 0.6 is 24.8 Å². The SMILES string of the molecule is COc1cc([C@@H](C2CCOCC2)N2CCNCC2)c([N+](=O)[O-])cc1OC.Cl.Cl. The molecule has 28 heavy (non-hydrogen) atoms. The Labute approximate surface area is 177 Å². The van der Waals surface area contributed by atoms with Gasteiger partial charge < -0.3 is 19.5 Å². The molecule has 0 saturated carbocycles. The number of piperazine rings is 1. The van der Waals surface area contributed by atoms with Crippen LogP contribution in [0.5, 0.6) is 11.5 Å². The number of hydrogen-bond donors (Lipinski definition) is 1. The molecule has 2 aliphatic heterocycles. The van der Waals surface area contributed by atoms with E-state index in [0.717, 1.165) is 39.0 Å². The maximum absolute atomic E-state index is 11.8. The van der Waals surface area contributed by atoms with Crippen molar-refractivity contribution in [2.75, 3.05) is 53.6 Å². The van der Waals surface area contributed by atoms with Gasteiger partial charge in [0.1, 0.15) is 0 Å². The molecule has 0 radical (unpaired) electrons. The molecule has 0 aromatic heterocycles. The van der Waals surface area contributed by atoms with Crippen LogP contribution in [0, 0.1) is 16.0 Å². The van der Waals surface area contributed by atoms with E-state index < -0.39 is 0 Å². The lowest BCUT2D eigenvalue weighted by Gasteiger charge is -2.40. The molecule has 160 valence electrons. The lowest BCUT2D eigenvalue weighted by Crippen LogP contribution is -2.47. The average molecular weight is 438 g/mol. The van der Waals surface area contributed by atoms with Crippen LogP contribution in [0.1, 0.15) is 24.4 Å². The lowest BCUT2D eigenvalue weighted by molar-refractivity contribution is -0.386. The van der Waals surface area contributed by atoms with Crippen LogP contribution in [0.2, 0.25) is 0 Å². The van der Waals surface area contributed by atoms with E-state index in [1.165, 1.54) is 13.2 Å². The van der Waals surface area contributed by atoms with Gasteiger partial charge in [0.05, 0.1) is 30.8 Å². The van der Waals surface area contributed by atoms with Crippen molar-refractivity contribution in [1.29, 1.82) is 0 Å². The van der Waals surface area contributed by atoms with Crippen molar-refractivity contribution < 1.29 is 19.1 Å². The van der Waals surface area contributed by atoms with Crippen molar-refractivity contribution >= 4 is 30.5 Å². The second-order valence-corrected chi connectivity index (χ2v) is 6.70. The van der Waals surface area contributed by atoms with Crippen molar-refractivity contribution in [1.82, 2.24) is 10.2 Å². The summed E-state index contributed by atoms with van der Waals surface area (Å²) in [5.74, 6) is 1.23. The molecule has 1 aromatic rings. The predicted molar refractivity (Wildman–Crippen MR) is 111 cm³/mol. The normalized spacial score (nSPS) is 19.1. The van der Waals surface area contributed by atoms with Gasteiger partial charge in [-0.2, -0.15) is 0 Å². The molecule has 0 aliphatic carbocycles. The molecular weight excluding hydrogens is 409 g/mol. The highest BCUT2D eigenvalue weighted by Gasteiger charge is 2.36. The van der Waals surface area contributed by atoms with Crippen LogP contribution in [-0.4, -0.2) is 63.4 Å². The quantitative estimate of drug-likeness (QED) is 0.540. The molecule has 1 N–H and O–H groups in total. The number of nitro groups is 1. The Balaban J connectivity index is 0.00000196. The van der Waals surface area contributed by atoms with Gasteiger partial charge in [-0.3, -0.25) is 15.0 Å². The van der Waals surface area contributed by atoms with Gasteiger partial charge in [-0.25, -0.2) is 0 Å². The van der Waals surface area contributed by atoms with E-state index in [-0.39, 0.29) is 41.5 Å². The van der Waals surface area contributed by atoms with E-state index in [1.807, 2.05) is 0 Å². The first-order chi connectivity index (χ1) is 12.7. The third-order valence-corrected chi connectivity index (χ3v) is 5.31. The Morgan fingerprint density at radius 3 is 2.25 bits per heavy atom. The maximum Gasteiger partial charge on any atom is 0.278 e. The summed E-state index contributed by atoms with van der Waals surface area (Å²) >= 11 is 0. The van der Waals surface area contributed by atoms with Gasteiger partial charge in [0.25, 0.3) is 5.69 Å². The Hall–Kier alpha value is -1.32. The number of ether oxygens (including phenoxy) is 3. The van der Waals surface area contributed by atoms with Crippen LogP contribution in [0.3, 0.4) is 0 Å². The molecule has 0 spiro atoms. The highest BCUT2D eigenvalue weighted by atomic mass is 35.5. The van der Waals surface area contributed by atoms with Crippen LogP contribution in [0.25, 0.3) is 0 Å². The minimum Gasteiger partial charge on any atom is -0.493 e. The number of nitrogens with one attached hydrogen (secondary N) is 1. The van der Waals surface area contributed by atoms with Crippen molar-refractivity contribution in [3.8, 4) is 11.5 Å². The molecule has 10 heteroatoms. The molecule has 8 nitrogen and oxygen atoms in total. The molecular formula is C18H29Cl2N3O5. The van der Waals surface area contributed by atoms with Crippen LogP contribution in [0.4, 0.5) is 5.69 Å². The monoisotopic (exact) mass is 437 g/mol. The number of methoxy groups -OCH3 is 2. The van der Waals surface area contributed by atoms with E-state index >= 15 is 0 Å². The summed E-state index contributed by atoms with van der Waals surface area (Å²) in [7, 11) is 3.05. The van der Waals surface area contributed by atoms with Crippen molar-refractivity contribution in [2.45, 2.75) is 18.9 Å². The number of benzene rings is 1. The van der Waals surface area contributed by atoms with E-state index in [9.17, 15) is 10.1 Å². The highest BCUT2D eigenvalue weighted by Crippen LogP contribution is 2.44. The number of halogens is 2. The van der Waals surface area contributed by atoms with Gasteiger partial charge in [-0.1, -0.05) is 0 Å². The van der Waals surface area contributed by atoms with Gasteiger partial charge in [-0.05, 0) is 24.8 Å². The van der Waals surface area contributed by atoms with E-state index in [2.05, 4.69) is 10.2 Å². The first-order valence-electron chi connectivity index (χ1n) is 9.08. The van der Waals surface area contributed by atoms with Gasteiger partial charge in [0.2, 0.25) is 0 Å². The van der Waals surface area contributed by atoms with Gasteiger partial charge in [0, 0.05) is 45.4 Å². The van der Waals surface area contributed by atoms with Crippen LogP contribution < -0.4 is 14.8 Å². The largest absolute Gasteiger partial charge is 0.493 e. The second-order valence-electron chi connectivity index (χ2n) is 6.70. The topological polar surface area (TPSA) is 86.1 Å². The summed E-state index contributed by atoms with van der Waals surface area (Å²) in [5, 5.41) is 15.2. The molecule has 2 saturated heterocycles. The zero-order chi connectivity index (χ0) is 18.5. The third kappa shape index (κ3) is 5.39. The van der Waals surface area contributed by atoms with E-state index in [0.29, 0.717) is 36.2 Å². The van der Waals surface area contributed by atoms with E-state index in [4.69, 9.17) is 14.2 Å². The molecule has 1 aromatic carbocycles. The Morgan fingerprint density at radius 2 is 1.71 bits per heavy atom. The minimum absolute atomic E-state index is 0. The molecule has 2 fully saturated rings. The number of hydrogen-bond acceptors (Lipinski definition) is 7. The second kappa shape index (κ2) is 11.6. The van der Waals surface area contributed by atoms with Gasteiger partial charge in [0.15, 0.2) is 11.5 Å². The van der Waals surface area contributed by atoms with Crippen LogP contribution in [-0.2, 0) is 4.74 Å². The van der Waals surface area contributed by atoms with Crippen LogP contribution in [0.15, 0.2) is 12.1 Å². The average Bonchev–Trinajstić information content (AvgIpc) is 2.69. The Kier molecular flexibility index (Phi) is 10.3. The summed E-state index contributed by atoms with van der Waals surface area (Å²) in [4.78, 5) is 13.9. The number of nitro benzene ring substituents is 1. The van der Waals surface area contributed by atoms with Crippen molar-refractivity contribution in [3.05, 3.63) is 27.8 Å². The molecule has 1 atom stereocenters. The molecule has 2 aliphatic rings. The fraction of sp³-hybridized carbons (Fsp3) is 0.667. The minimum atomic E-state index is -0.314. The molecule has 3 rings (SSSR count). The number of rotatable bonds is 6. The Bertz CT molecular complexity index is 620. The first-order valence-corrected chi connectivity index (χ1v) is 9.08. The lowest BCUT2D eigenvalue weighted by atomic mass is 9.84. The zero-order valence-corrected chi connectivity index (χ0v) is 17.9.